The fraction of sp³-hybridized carbons (Fsp3) is 0.100. The first-order chi connectivity index (χ1) is 6.31. The van der Waals surface area contributed by atoms with Crippen LogP contribution in [0.5, 0.6) is 0 Å². The van der Waals surface area contributed by atoms with Gasteiger partial charge in [0.25, 0.3) is 5.56 Å². The molecule has 3 heteroatoms. The number of thioether (sulfide) groups is 1. The van der Waals surface area contributed by atoms with Crippen molar-refractivity contribution < 1.29 is 0 Å². The summed E-state index contributed by atoms with van der Waals surface area (Å²) >= 11 is 1.64. The van der Waals surface area contributed by atoms with Crippen LogP contribution < -0.4 is 5.56 Å². The molecule has 0 spiro atoms. The van der Waals surface area contributed by atoms with Crippen molar-refractivity contribution in [1.29, 1.82) is 0 Å². The SMILES string of the molecule is CSc1ccc2cc[nH]c(=O)c2c1. The average Bonchev–Trinajstić information content (AvgIpc) is 2.18. The predicted octanol–water partition coefficient (Wildman–Crippen LogP) is 2.25. The molecule has 2 rings (SSSR count). The van der Waals surface area contributed by atoms with Crippen LogP contribution in [0.1, 0.15) is 0 Å². The Morgan fingerprint density at radius 3 is 2.92 bits per heavy atom. The third-order valence-electron chi connectivity index (χ3n) is 1.98. The molecular formula is C10H9NOS. The van der Waals surface area contributed by atoms with Crippen molar-refractivity contribution in [3.8, 4) is 0 Å². The highest BCUT2D eigenvalue weighted by molar-refractivity contribution is 7.98. The molecule has 0 aliphatic carbocycles. The molecule has 0 aliphatic heterocycles. The molecule has 0 atom stereocenters. The van der Waals surface area contributed by atoms with Crippen molar-refractivity contribution in [2.75, 3.05) is 6.26 Å². The molecule has 0 amide bonds. The molecule has 1 heterocycles. The lowest BCUT2D eigenvalue weighted by Crippen LogP contribution is -2.03. The Hall–Kier alpha value is -1.22. The molecule has 1 aromatic carbocycles. The molecule has 2 aromatic rings. The van der Waals surface area contributed by atoms with Gasteiger partial charge in [0, 0.05) is 16.5 Å². The Bertz CT molecular complexity index is 489. The number of aromatic amines is 1. The summed E-state index contributed by atoms with van der Waals surface area (Å²) < 4.78 is 0. The third-order valence-corrected chi connectivity index (χ3v) is 2.71. The Labute approximate surface area is 80.0 Å². The number of benzene rings is 1. The molecule has 0 saturated heterocycles. The van der Waals surface area contributed by atoms with E-state index >= 15 is 0 Å². The van der Waals surface area contributed by atoms with Gasteiger partial charge in [0.1, 0.15) is 0 Å². The Balaban J connectivity index is 2.82. The highest BCUT2D eigenvalue weighted by Gasteiger charge is 1.98. The first-order valence-electron chi connectivity index (χ1n) is 3.97. The van der Waals surface area contributed by atoms with Crippen molar-refractivity contribution in [3.05, 3.63) is 40.8 Å². The van der Waals surface area contributed by atoms with Gasteiger partial charge in [-0.25, -0.2) is 0 Å². The van der Waals surface area contributed by atoms with E-state index in [-0.39, 0.29) is 5.56 Å². The molecule has 0 bridgehead atoms. The van der Waals surface area contributed by atoms with E-state index < -0.39 is 0 Å². The van der Waals surface area contributed by atoms with E-state index in [4.69, 9.17) is 0 Å². The molecule has 1 N–H and O–H groups in total. The van der Waals surface area contributed by atoms with E-state index in [1.165, 1.54) is 0 Å². The summed E-state index contributed by atoms with van der Waals surface area (Å²) in [5.41, 5.74) is -0.0200. The summed E-state index contributed by atoms with van der Waals surface area (Å²) in [7, 11) is 0. The maximum Gasteiger partial charge on any atom is 0.255 e. The first-order valence-corrected chi connectivity index (χ1v) is 5.19. The van der Waals surface area contributed by atoms with Crippen LogP contribution >= 0.6 is 11.8 Å². The van der Waals surface area contributed by atoms with E-state index in [1.54, 1.807) is 18.0 Å². The zero-order chi connectivity index (χ0) is 9.26. The maximum absolute atomic E-state index is 11.4. The molecule has 0 saturated carbocycles. The second kappa shape index (κ2) is 3.26. The summed E-state index contributed by atoms with van der Waals surface area (Å²) in [5.74, 6) is 0. The molecule has 2 nitrogen and oxygen atoms in total. The maximum atomic E-state index is 11.4. The van der Waals surface area contributed by atoms with Gasteiger partial charge in [0.05, 0.1) is 0 Å². The van der Waals surface area contributed by atoms with Crippen LogP contribution in [0, 0.1) is 0 Å². The lowest BCUT2D eigenvalue weighted by molar-refractivity contribution is 1.27. The second-order valence-electron chi connectivity index (χ2n) is 2.76. The van der Waals surface area contributed by atoms with Crippen LogP contribution in [-0.2, 0) is 0 Å². The first kappa shape index (κ1) is 8.38. The number of H-pyrrole nitrogens is 1. The van der Waals surface area contributed by atoms with Gasteiger partial charge in [-0.1, -0.05) is 6.07 Å². The molecule has 1 aromatic heterocycles. The van der Waals surface area contributed by atoms with Crippen molar-refractivity contribution in [1.82, 2.24) is 4.98 Å². The molecule has 0 fully saturated rings. The largest absolute Gasteiger partial charge is 0.329 e. The standard InChI is InChI=1S/C10H9NOS/c1-13-8-3-2-7-4-5-11-10(12)9(7)6-8/h2-6H,1H3,(H,11,12). The van der Waals surface area contributed by atoms with Gasteiger partial charge in [-0.2, -0.15) is 0 Å². The van der Waals surface area contributed by atoms with Crippen LogP contribution in [0.4, 0.5) is 0 Å². The van der Waals surface area contributed by atoms with Crippen LogP contribution in [0.25, 0.3) is 10.8 Å². The highest BCUT2D eigenvalue weighted by Crippen LogP contribution is 2.18. The average molecular weight is 191 g/mol. The minimum atomic E-state index is -0.0200. The smallest absolute Gasteiger partial charge is 0.255 e. The second-order valence-corrected chi connectivity index (χ2v) is 3.64. The van der Waals surface area contributed by atoms with Gasteiger partial charge in [-0.15, -0.1) is 11.8 Å². The van der Waals surface area contributed by atoms with E-state index in [2.05, 4.69) is 4.98 Å². The number of rotatable bonds is 1. The summed E-state index contributed by atoms with van der Waals surface area (Å²) in [5, 5.41) is 1.75. The topological polar surface area (TPSA) is 32.9 Å². The lowest BCUT2D eigenvalue weighted by atomic mass is 10.2. The summed E-state index contributed by atoms with van der Waals surface area (Å²) in [6.07, 6.45) is 3.67. The minimum absolute atomic E-state index is 0.0200. The quantitative estimate of drug-likeness (QED) is 0.701. The molecule has 0 aliphatic rings. The molecular weight excluding hydrogens is 182 g/mol. The third kappa shape index (κ3) is 1.47. The van der Waals surface area contributed by atoms with Gasteiger partial charge < -0.3 is 4.98 Å². The van der Waals surface area contributed by atoms with Crippen LogP contribution in [0.15, 0.2) is 40.2 Å². The van der Waals surface area contributed by atoms with Crippen LogP contribution in [0.3, 0.4) is 0 Å². The number of hydrogen-bond donors (Lipinski definition) is 1. The fourth-order valence-corrected chi connectivity index (χ4v) is 1.73. The zero-order valence-corrected chi connectivity index (χ0v) is 8.02. The monoisotopic (exact) mass is 191 g/mol. The number of pyridine rings is 1. The van der Waals surface area contributed by atoms with Gasteiger partial charge in [0.2, 0.25) is 0 Å². The molecule has 13 heavy (non-hydrogen) atoms. The Morgan fingerprint density at radius 2 is 2.15 bits per heavy atom. The van der Waals surface area contributed by atoms with Crippen LogP contribution in [-0.4, -0.2) is 11.2 Å². The van der Waals surface area contributed by atoms with Crippen molar-refractivity contribution >= 4 is 22.5 Å². The number of aromatic nitrogens is 1. The van der Waals surface area contributed by atoms with E-state index in [1.807, 2.05) is 30.5 Å². The summed E-state index contributed by atoms with van der Waals surface area (Å²) in [6, 6.07) is 7.81. The number of nitrogens with one attached hydrogen (secondary N) is 1. The zero-order valence-electron chi connectivity index (χ0n) is 7.20. The Morgan fingerprint density at radius 1 is 1.31 bits per heavy atom. The highest BCUT2D eigenvalue weighted by atomic mass is 32.2. The van der Waals surface area contributed by atoms with Gasteiger partial charge >= 0.3 is 0 Å². The van der Waals surface area contributed by atoms with Crippen molar-refractivity contribution in [2.45, 2.75) is 4.90 Å². The number of hydrogen-bond acceptors (Lipinski definition) is 2. The lowest BCUT2D eigenvalue weighted by Gasteiger charge is -1.98. The fourth-order valence-electron chi connectivity index (χ4n) is 1.29. The van der Waals surface area contributed by atoms with Gasteiger partial charge in [-0.3, -0.25) is 4.79 Å². The van der Waals surface area contributed by atoms with Crippen molar-refractivity contribution in [2.24, 2.45) is 0 Å². The Kier molecular flexibility index (Phi) is 2.10. The van der Waals surface area contributed by atoms with Gasteiger partial charge in [-0.05, 0) is 29.8 Å². The molecule has 0 unspecified atom stereocenters. The van der Waals surface area contributed by atoms with Gasteiger partial charge in [0.15, 0.2) is 0 Å². The minimum Gasteiger partial charge on any atom is -0.329 e. The summed E-state index contributed by atoms with van der Waals surface area (Å²) in [4.78, 5) is 15.2. The number of fused-ring (bicyclic) bond motifs is 1. The van der Waals surface area contributed by atoms with E-state index in [0.717, 1.165) is 15.7 Å². The normalized spacial score (nSPS) is 10.5. The van der Waals surface area contributed by atoms with E-state index in [9.17, 15) is 4.79 Å². The molecule has 66 valence electrons. The van der Waals surface area contributed by atoms with Crippen molar-refractivity contribution in [3.63, 3.8) is 0 Å². The summed E-state index contributed by atoms with van der Waals surface area (Å²) in [6.45, 7) is 0. The van der Waals surface area contributed by atoms with E-state index in [0.29, 0.717) is 0 Å². The molecule has 0 radical (unpaired) electrons. The van der Waals surface area contributed by atoms with Crippen LogP contribution in [0.2, 0.25) is 0 Å². The predicted molar refractivity (Wildman–Crippen MR) is 56.3 cm³/mol.